The molecule has 0 aliphatic rings. The Hall–Kier alpha value is -0.120. The highest BCUT2D eigenvalue weighted by molar-refractivity contribution is 6.48. The van der Waals surface area contributed by atoms with Gasteiger partial charge in [0.1, 0.15) is 0 Å². The van der Waals surface area contributed by atoms with Crippen LogP contribution < -0.4 is 0 Å². The molecule has 1 aromatic rings. The van der Waals surface area contributed by atoms with E-state index in [-0.39, 0.29) is 20.6 Å². The molecular weight excluding hydrogens is 259 g/mol. The lowest BCUT2D eigenvalue weighted by Gasteiger charge is -2.08. The van der Waals surface area contributed by atoms with E-state index in [4.69, 9.17) is 34.8 Å². The van der Waals surface area contributed by atoms with E-state index in [1.165, 1.54) is 0 Å². The predicted octanol–water partition coefficient (Wildman–Crippen LogP) is 4.75. The zero-order valence-corrected chi connectivity index (χ0v) is 8.90. The molecule has 0 saturated heterocycles. The van der Waals surface area contributed by atoms with Gasteiger partial charge in [-0.1, -0.05) is 34.8 Å². The first-order chi connectivity index (χ1) is 6.29. The molecule has 0 N–H and O–H groups in total. The van der Waals surface area contributed by atoms with Crippen LogP contribution in [0.2, 0.25) is 15.1 Å². The van der Waals surface area contributed by atoms with Gasteiger partial charge in [0.25, 0.3) is 0 Å². The third kappa shape index (κ3) is 3.23. The molecule has 0 bridgehead atoms. The molecule has 14 heavy (non-hydrogen) atoms. The molecule has 0 unspecified atom stereocenters. The molecule has 0 heterocycles. The Morgan fingerprint density at radius 1 is 1.00 bits per heavy atom. The topological polar surface area (TPSA) is 0 Å². The van der Waals surface area contributed by atoms with Gasteiger partial charge >= 0.3 is 6.18 Å². The SMILES string of the molecule is FC(F)(F)Cc1cc(Cl)c(Cl)c(Cl)c1. The maximum absolute atomic E-state index is 12.0. The molecule has 6 heteroatoms. The summed E-state index contributed by atoms with van der Waals surface area (Å²) in [4.78, 5) is 0. The van der Waals surface area contributed by atoms with Crippen LogP contribution in [-0.2, 0) is 6.42 Å². The molecule has 0 fully saturated rings. The molecule has 0 amide bonds. The van der Waals surface area contributed by atoms with Crippen LogP contribution in [0.1, 0.15) is 5.56 Å². The number of halogens is 6. The van der Waals surface area contributed by atoms with Gasteiger partial charge in [0.05, 0.1) is 21.5 Å². The van der Waals surface area contributed by atoms with Gasteiger partial charge in [0, 0.05) is 0 Å². The van der Waals surface area contributed by atoms with Gasteiger partial charge in [-0.15, -0.1) is 0 Å². The second-order valence-electron chi connectivity index (χ2n) is 2.67. The van der Waals surface area contributed by atoms with Gasteiger partial charge in [0.15, 0.2) is 0 Å². The van der Waals surface area contributed by atoms with E-state index < -0.39 is 12.6 Å². The van der Waals surface area contributed by atoms with Gasteiger partial charge in [-0.2, -0.15) is 13.2 Å². The van der Waals surface area contributed by atoms with Crippen LogP contribution in [0.25, 0.3) is 0 Å². The Kier molecular flexibility index (Phi) is 3.56. The molecule has 1 aromatic carbocycles. The van der Waals surface area contributed by atoms with Gasteiger partial charge in [-0.3, -0.25) is 0 Å². The van der Waals surface area contributed by atoms with Crippen molar-refractivity contribution in [1.29, 1.82) is 0 Å². The lowest BCUT2D eigenvalue weighted by molar-refractivity contribution is -0.127. The largest absolute Gasteiger partial charge is 0.393 e. The molecule has 0 spiro atoms. The third-order valence-electron chi connectivity index (χ3n) is 1.45. The summed E-state index contributed by atoms with van der Waals surface area (Å²) in [7, 11) is 0. The molecule has 0 atom stereocenters. The summed E-state index contributed by atoms with van der Waals surface area (Å²) in [6, 6.07) is 2.31. The molecular formula is C8H4Cl3F3. The van der Waals surface area contributed by atoms with Crippen molar-refractivity contribution < 1.29 is 13.2 Å². The molecule has 0 nitrogen and oxygen atoms in total. The number of rotatable bonds is 1. The van der Waals surface area contributed by atoms with Crippen molar-refractivity contribution in [1.82, 2.24) is 0 Å². The van der Waals surface area contributed by atoms with Crippen LogP contribution >= 0.6 is 34.8 Å². The first-order valence-electron chi connectivity index (χ1n) is 3.50. The summed E-state index contributed by atoms with van der Waals surface area (Å²) < 4.78 is 36.0. The van der Waals surface area contributed by atoms with E-state index in [2.05, 4.69) is 0 Å². The highest BCUT2D eigenvalue weighted by Gasteiger charge is 2.28. The average Bonchev–Trinajstić information content (AvgIpc) is 1.96. The van der Waals surface area contributed by atoms with E-state index in [1.54, 1.807) is 0 Å². The van der Waals surface area contributed by atoms with Crippen molar-refractivity contribution in [2.75, 3.05) is 0 Å². The minimum Gasteiger partial charge on any atom is -0.171 e. The second kappa shape index (κ2) is 4.17. The number of alkyl halides is 3. The Labute approximate surface area is 93.6 Å². The Bertz CT molecular complexity index is 323. The standard InChI is InChI=1S/C8H4Cl3F3/c9-5-1-4(3-8(12,13)14)2-6(10)7(5)11/h1-2H,3H2. The molecule has 0 aliphatic heterocycles. The quantitative estimate of drug-likeness (QED) is 0.641. The highest BCUT2D eigenvalue weighted by atomic mass is 35.5. The smallest absolute Gasteiger partial charge is 0.171 e. The summed E-state index contributed by atoms with van der Waals surface area (Å²) in [6.07, 6.45) is -5.34. The minimum atomic E-state index is -4.28. The lowest BCUT2D eigenvalue weighted by atomic mass is 10.1. The van der Waals surface area contributed by atoms with E-state index in [0.717, 1.165) is 12.1 Å². The van der Waals surface area contributed by atoms with E-state index >= 15 is 0 Å². The van der Waals surface area contributed by atoms with Crippen LogP contribution in [0.3, 0.4) is 0 Å². The predicted molar refractivity (Wildman–Crippen MR) is 51.2 cm³/mol. The fraction of sp³-hybridized carbons (Fsp3) is 0.250. The molecule has 0 aromatic heterocycles. The molecule has 0 radical (unpaired) electrons. The van der Waals surface area contributed by atoms with Crippen molar-refractivity contribution in [2.45, 2.75) is 12.6 Å². The molecule has 78 valence electrons. The normalized spacial score (nSPS) is 11.9. The van der Waals surface area contributed by atoms with E-state index in [9.17, 15) is 13.2 Å². The van der Waals surface area contributed by atoms with Crippen molar-refractivity contribution in [3.63, 3.8) is 0 Å². The first-order valence-corrected chi connectivity index (χ1v) is 4.63. The summed E-state index contributed by atoms with van der Waals surface area (Å²) in [5.74, 6) is 0. The van der Waals surface area contributed by atoms with E-state index in [0.29, 0.717) is 0 Å². The third-order valence-corrected chi connectivity index (χ3v) is 2.65. The van der Waals surface area contributed by atoms with Crippen LogP contribution in [0.5, 0.6) is 0 Å². The summed E-state index contributed by atoms with van der Waals surface area (Å²) in [5.41, 5.74) is -0.00287. The van der Waals surface area contributed by atoms with Crippen molar-refractivity contribution >= 4 is 34.8 Å². The van der Waals surface area contributed by atoms with Gasteiger partial charge in [-0.25, -0.2) is 0 Å². The Morgan fingerprint density at radius 3 is 1.79 bits per heavy atom. The molecule has 0 saturated carbocycles. The van der Waals surface area contributed by atoms with Crippen LogP contribution in [0.4, 0.5) is 13.2 Å². The van der Waals surface area contributed by atoms with Crippen molar-refractivity contribution in [2.24, 2.45) is 0 Å². The van der Waals surface area contributed by atoms with Gasteiger partial charge < -0.3 is 0 Å². The Balaban J connectivity index is 3.02. The number of hydrogen-bond acceptors (Lipinski definition) is 0. The highest BCUT2D eigenvalue weighted by Crippen LogP contribution is 2.33. The number of benzene rings is 1. The first kappa shape index (κ1) is 12.0. The summed E-state index contributed by atoms with van der Waals surface area (Å²) in [5, 5.41) is 0.121. The second-order valence-corrected chi connectivity index (χ2v) is 3.86. The van der Waals surface area contributed by atoms with Gasteiger partial charge in [0.2, 0.25) is 0 Å². The fourth-order valence-corrected chi connectivity index (χ4v) is 1.58. The average molecular weight is 263 g/mol. The van der Waals surface area contributed by atoms with Crippen LogP contribution in [0, 0.1) is 0 Å². The number of hydrogen-bond donors (Lipinski definition) is 0. The summed E-state index contributed by atoms with van der Waals surface area (Å²) in [6.45, 7) is 0. The lowest BCUT2D eigenvalue weighted by Crippen LogP contribution is -2.11. The van der Waals surface area contributed by atoms with Gasteiger partial charge in [-0.05, 0) is 17.7 Å². The zero-order valence-electron chi connectivity index (χ0n) is 6.63. The van der Waals surface area contributed by atoms with E-state index in [1.807, 2.05) is 0 Å². The fourth-order valence-electron chi connectivity index (χ4n) is 0.942. The summed E-state index contributed by atoms with van der Waals surface area (Å²) >= 11 is 16.7. The van der Waals surface area contributed by atoms with Crippen LogP contribution in [-0.4, -0.2) is 6.18 Å². The maximum Gasteiger partial charge on any atom is 0.393 e. The molecule has 1 rings (SSSR count). The monoisotopic (exact) mass is 262 g/mol. The zero-order chi connectivity index (χ0) is 10.9. The maximum atomic E-state index is 12.0. The van der Waals surface area contributed by atoms with Crippen LogP contribution in [0.15, 0.2) is 12.1 Å². The van der Waals surface area contributed by atoms with Crippen molar-refractivity contribution in [3.05, 3.63) is 32.8 Å². The minimum absolute atomic E-state index is 0.00287. The molecule has 0 aliphatic carbocycles. The van der Waals surface area contributed by atoms with Crippen molar-refractivity contribution in [3.8, 4) is 0 Å². The Morgan fingerprint density at radius 2 is 1.43 bits per heavy atom.